The summed E-state index contributed by atoms with van der Waals surface area (Å²) in [6.45, 7) is 9.96. The fourth-order valence-electron chi connectivity index (χ4n) is 1.98. The van der Waals surface area contributed by atoms with Crippen LogP contribution in [0.4, 0.5) is 0 Å². The SMILES string of the molecule is Cc1cc(Cl)c(C(C)C)cc1Oc1nnc(Cl)c(C)c1C. The standard InChI is InChI=1S/C16H18Cl2N2O/c1-8(2)12-7-14(9(3)6-13(12)17)21-16-11(5)10(4)15(18)19-20-16/h6-8H,1-5H3. The number of halogens is 2. The molecule has 112 valence electrons. The maximum absolute atomic E-state index is 6.28. The summed E-state index contributed by atoms with van der Waals surface area (Å²) in [6, 6.07) is 3.88. The molecule has 0 bridgehead atoms. The number of hydrogen-bond acceptors (Lipinski definition) is 3. The van der Waals surface area contributed by atoms with E-state index in [0.29, 0.717) is 17.0 Å². The quantitative estimate of drug-likeness (QED) is 0.734. The Bertz CT molecular complexity index is 684. The van der Waals surface area contributed by atoms with Crippen LogP contribution in [0.15, 0.2) is 12.1 Å². The lowest BCUT2D eigenvalue weighted by Gasteiger charge is -2.15. The van der Waals surface area contributed by atoms with Crippen LogP contribution in [0.3, 0.4) is 0 Å². The lowest BCUT2D eigenvalue weighted by atomic mass is 10.0. The van der Waals surface area contributed by atoms with Crippen molar-refractivity contribution in [1.29, 1.82) is 0 Å². The fourth-order valence-corrected chi connectivity index (χ4v) is 2.59. The maximum Gasteiger partial charge on any atom is 0.242 e. The van der Waals surface area contributed by atoms with Gasteiger partial charge in [-0.15, -0.1) is 10.2 Å². The molecule has 0 fully saturated rings. The minimum Gasteiger partial charge on any atom is -0.437 e. The Balaban J connectivity index is 2.45. The lowest BCUT2D eigenvalue weighted by Crippen LogP contribution is -2.00. The van der Waals surface area contributed by atoms with Gasteiger partial charge in [-0.25, -0.2) is 0 Å². The molecule has 0 aliphatic carbocycles. The zero-order valence-electron chi connectivity index (χ0n) is 12.8. The molecule has 5 heteroatoms. The zero-order chi connectivity index (χ0) is 15.7. The highest BCUT2D eigenvalue weighted by molar-refractivity contribution is 6.31. The van der Waals surface area contributed by atoms with Gasteiger partial charge in [0.2, 0.25) is 5.88 Å². The highest BCUT2D eigenvalue weighted by Gasteiger charge is 2.14. The first-order chi connectivity index (χ1) is 9.81. The Labute approximate surface area is 135 Å². The van der Waals surface area contributed by atoms with Crippen molar-refractivity contribution in [3.8, 4) is 11.6 Å². The van der Waals surface area contributed by atoms with E-state index in [-0.39, 0.29) is 0 Å². The van der Waals surface area contributed by atoms with Gasteiger partial charge < -0.3 is 4.74 Å². The van der Waals surface area contributed by atoms with Gasteiger partial charge in [-0.05, 0) is 55.5 Å². The highest BCUT2D eigenvalue weighted by Crippen LogP contribution is 2.34. The van der Waals surface area contributed by atoms with Crippen molar-refractivity contribution in [3.05, 3.63) is 44.6 Å². The first-order valence-corrected chi connectivity index (χ1v) is 7.54. The number of benzene rings is 1. The highest BCUT2D eigenvalue weighted by atomic mass is 35.5. The van der Waals surface area contributed by atoms with E-state index in [2.05, 4.69) is 24.0 Å². The third-order valence-electron chi connectivity index (χ3n) is 3.54. The molecular weight excluding hydrogens is 307 g/mol. The number of ether oxygens (including phenoxy) is 1. The molecule has 0 aliphatic rings. The van der Waals surface area contributed by atoms with Crippen molar-refractivity contribution in [1.82, 2.24) is 10.2 Å². The average Bonchev–Trinajstić information content (AvgIpc) is 2.41. The largest absolute Gasteiger partial charge is 0.437 e. The van der Waals surface area contributed by atoms with Gasteiger partial charge in [0.1, 0.15) is 5.75 Å². The molecule has 2 rings (SSSR count). The Morgan fingerprint density at radius 3 is 2.29 bits per heavy atom. The van der Waals surface area contributed by atoms with Gasteiger partial charge >= 0.3 is 0 Å². The molecule has 0 amide bonds. The van der Waals surface area contributed by atoms with Crippen LogP contribution in [-0.2, 0) is 0 Å². The number of hydrogen-bond donors (Lipinski definition) is 0. The topological polar surface area (TPSA) is 35.0 Å². The summed E-state index contributed by atoms with van der Waals surface area (Å²) in [5, 5.41) is 9.09. The van der Waals surface area contributed by atoms with Crippen LogP contribution in [-0.4, -0.2) is 10.2 Å². The number of nitrogens with zero attached hydrogens (tertiary/aromatic N) is 2. The van der Waals surface area contributed by atoms with Crippen LogP contribution in [0.1, 0.15) is 42.0 Å². The molecule has 0 saturated carbocycles. The second-order valence-electron chi connectivity index (χ2n) is 5.44. The molecule has 1 heterocycles. The first-order valence-electron chi connectivity index (χ1n) is 6.78. The third-order valence-corrected chi connectivity index (χ3v) is 4.23. The van der Waals surface area contributed by atoms with Crippen LogP contribution in [0.2, 0.25) is 10.2 Å². The second kappa shape index (κ2) is 6.20. The van der Waals surface area contributed by atoms with Crippen molar-refractivity contribution in [3.63, 3.8) is 0 Å². The van der Waals surface area contributed by atoms with Crippen molar-refractivity contribution in [2.24, 2.45) is 0 Å². The van der Waals surface area contributed by atoms with Crippen molar-refractivity contribution in [2.45, 2.75) is 40.5 Å². The third kappa shape index (κ3) is 3.30. The molecular formula is C16H18Cl2N2O. The first kappa shape index (κ1) is 16.1. The van der Waals surface area contributed by atoms with Crippen molar-refractivity contribution in [2.75, 3.05) is 0 Å². The molecule has 3 nitrogen and oxygen atoms in total. The summed E-state index contributed by atoms with van der Waals surface area (Å²) in [5.41, 5.74) is 3.76. The molecule has 2 aromatic rings. The Kier molecular flexibility index (Phi) is 4.74. The summed E-state index contributed by atoms with van der Waals surface area (Å²) in [5.74, 6) is 1.53. The molecule has 0 radical (unpaired) electrons. The molecule has 0 unspecified atom stereocenters. The Hall–Kier alpha value is -1.32. The maximum atomic E-state index is 6.28. The van der Waals surface area contributed by atoms with Gasteiger partial charge in [-0.3, -0.25) is 0 Å². The summed E-state index contributed by atoms with van der Waals surface area (Å²) in [4.78, 5) is 0. The van der Waals surface area contributed by atoms with E-state index in [9.17, 15) is 0 Å². The van der Waals surface area contributed by atoms with Crippen LogP contribution in [0, 0.1) is 20.8 Å². The van der Waals surface area contributed by atoms with E-state index in [1.54, 1.807) is 0 Å². The fraction of sp³-hybridized carbons (Fsp3) is 0.375. The zero-order valence-corrected chi connectivity index (χ0v) is 14.3. The molecule has 0 saturated heterocycles. The summed E-state index contributed by atoms with van der Waals surface area (Å²) in [6.07, 6.45) is 0. The summed E-state index contributed by atoms with van der Waals surface area (Å²) in [7, 11) is 0. The molecule has 1 aromatic heterocycles. The number of aryl methyl sites for hydroxylation is 1. The van der Waals surface area contributed by atoms with E-state index < -0.39 is 0 Å². The predicted octanol–water partition coefficient (Wildman–Crippen LogP) is 5.62. The van der Waals surface area contributed by atoms with Crippen molar-refractivity contribution < 1.29 is 4.74 Å². The second-order valence-corrected chi connectivity index (χ2v) is 6.21. The van der Waals surface area contributed by atoms with Crippen LogP contribution >= 0.6 is 23.2 Å². The van der Waals surface area contributed by atoms with Gasteiger partial charge in [0, 0.05) is 10.6 Å². The minimum absolute atomic E-state index is 0.319. The molecule has 21 heavy (non-hydrogen) atoms. The van der Waals surface area contributed by atoms with E-state index in [1.807, 2.05) is 32.9 Å². The predicted molar refractivity (Wildman–Crippen MR) is 86.9 cm³/mol. The van der Waals surface area contributed by atoms with Crippen LogP contribution in [0.5, 0.6) is 11.6 Å². The van der Waals surface area contributed by atoms with Gasteiger partial charge in [0.05, 0.1) is 0 Å². The Morgan fingerprint density at radius 1 is 1.00 bits per heavy atom. The van der Waals surface area contributed by atoms with E-state index in [0.717, 1.165) is 33.0 Å². The van der Waals surface area contributed by atoms with E-state index in [1.165, 1.54) is 0 Å². The molecule has 0 aliphatic heterocycles. The van der Waals surface area contributed by atoms with Crippen LogP contribution < -0.4 is 4.74 Å². The monoisotopic (exact) mass is 324 g/mol. The molecule has 0 N–H and O–H groups in total. The molecule has 1 aromatic carbocycles. The minimum atomic E-state index is 0.319. The smallest absolute Gasteiger partial charge is 0.242 e. The summed E-state index contributed by atoms with van der Waals surface area (Å²) < 4.78 is 5.93. The molecule has 0 atom stereocenters. The summed E-state index contributed by atoms with van der Waals surface area (Å²) >= 11 is 12.2. The normalized spacial score (nSPS) is 11.0. The number of aromatic nitrogens is 2. The van der Waals surface area contributed by atoms with Gasteiger partial charge in [0.25, 0.3) is 0 Å². The molecule has 0 spiro atoms. The van der Waals surface area contributed by atoms with E-state index >= 15 is 0 Å². The Morgan fingerprint density at radius 2 is 1.67 bits per heavy atom. The number of rotatable bonds is 3. The lowest BCUT2D eigenvalue weighted by molar-refractivity contribution is 0.446. The van der Waals surface area contributed by atoms with E-state index in [4.69, 9.17) is 27.9 Å². The van der Waals surface area contributed by atoms with Gasteiger partial charge in [-0.1, -0.05) is 37.0 Å². The average molecular weight is 325 g/mol. The van der Waals surface area contributed by atoms with Crippen molar-refractivity contribution >= 4 is 23.2 Å². The van der Waals surface area contributed by atoms with Gasteiger partial charge in [0.15, 0.2) is 5.15 Å². The van der Waals surface area contributed by atoms with Crippen LogP contribution in [0.25, 0.3) is 0 Å². The van der Waals surface area contributed by atoms with Gasteiger partial charge in [-0.2, -0.15) is 0 Å².